The van der Waals surface area contributed by atoms with Crippen LogP contribution in [0.5, 0.6) is 0 Å². The minimum atomic E-state index is -0.707. The third kappa shape index (κ3) is 3.14. The van der Waals surface area contributed by atoms with E-state index in [4.69, 9.17) is 0 Å². The van der Waals surface area contributed by atoms with Crippen molar-refractivity contribution in [1.82, 2.24) is 15.1 Å². The van der Waals surface area contributed by atoms with Crippen molar-refractivity contribution in [2.45, 2.75) is 44.9 Å². The Bertz CT molecular complexity index is 1210. The second kappa shape index (κ2) is 7.51. The van der Waals surface area contributed by atoms with Crippen molar-refractivity contribution in [2.24, 2.45) is 0 Å². The van der Waals surface area contributed by atoms with Crippen LogP contribution in [0, 0.1) is 5.82 Å². The predicted molar refractivity (Wildman–Crippen MR) is 115 cm³/mol. The van der Waals surface area contributed by atoms with Gasteiger partial charge in [0.05, 0.1) is 10.5 Å². The normalized spacial score (nSPS) is 22.2. The second-order valence-electron chi connectivity index (χ2n) is 8.31. The SMILES string of the molecule is CC1c2ccc(Br)c(F)c2CN1C(=O)c1ccc2c(c1)CN(C1CCC(=O)NC1=O)C2=O. The molecule has 164 valence electrons. The lowest BCUT2D eigenvalue weighted by molar-refractivity contribution is -0.136. The average Bonchev–Trinajstić information content (AvgIpc) is 3.27. The van der Waals surface area contributed by atoms with Crippen molar-refractivity contribution in [1.29, 1.82) is 0 Å². The Labute approximate surface area is 191 Å². The number of hydrogen-bond donors (Lipinski definition) is 1. The Kier molecular flexibility index (Phi) is 4.88. The molecule has 2 atom stereocenters. The van der Waals surface area contributed by atoms with Crippen LogP contribution in [0.15, 0.2) is 34.8 Å². The smallest absolute Gasteiger partial charge is 0.255 e. The largest absolute Gasteiger partial charge is 0.327 e. The van der Waals surface area contributed by atoms with Gasteiger partial charge in [-0.3, -0.25) is 24.5 Å². The van der Waals surface area contributed by atoms with E-state index in [0.717, 1.165) is 5.56 Å². The van der Waals surface area contributed by atoms with Crippen LogP contribution < -0.4 is 5.32 Å². The summed E-state index contributed by atoms with van der Waals surface area (Å²) in [5.74, 6) is -1.71. The molecule has 7 nitrogen and oxygen atoms in total. The van der Waals surface area contributed by atoms with Gasteiger partial charge in [0.2, 0.25) is 11.8 Å². The third-order valence-corrected chi connectivity index (χ3v) is 7.12. The van der Waals surface area contributed by atoms with Crippen molar-refractivity contribution in [2.75, 3.05) is 0 Å². The Hall–Kier alpha value is -3.07. The van der Waals surface area contributed by atoms with E-state index in [2.05, 4.69) is 21.2 Å². The van der Waals surface area contributed by atoms with Gasteiger partial charge in [-0.25, -0.2) is 4.39 Å². The Morgan fingerprint density at radius 2 is 1.94 bits per heavy atom. The molecule has 2 aromatic rings. The van der Waals surface area contributed by atoms with Gasteiger partial charge in [0.15, 0.2) is 0 Å². The zero-order valence-electron chi connectivity index (χ0n) is 17.2. The van der Waals surface area contributed by atoms with Crippen LogP contribution in [0.1, 0.15) is 63.2 Å². The van der Waals surface area contributed by atoms with E-state index < -0.39 is 11.9 Å². The highest BCUT2D eigenvalue weighted by Gasteiger charge is 2.40. The predicted octanol–water partition coefficient (Wildman–Crippen LogP) is 3.07. The van der Waals surface area contributed by atoms with E-state index in [9.17, 15) is 23.6 Å². The van der Waals surface area contributed by atoms with Crippen LogP contribution in [0.4, 0.5) is 4.39 Å². The highest BCUT2D eigenvalue weighted by atomic mass is 79.9. The van der Waals surface area contributed by atoms with Gasteiger partial charge < -0.3 is 9.80 Å². The van der Waals surface area contributed by atoms with Crippen molar-refractivity contribution in [3.05, 3.63) is 68.4 Å². The van der Waals surface area contributed by atoms with E-state index in [-0.39, 0.29) is 55.5 Å². The summed E-state index contributed by atoms with van der Waals surface area (Å²) >= 11 is 3.19. The van der Waals surface area contributed by atoms with Crippen molar-refractivity contribution < 1.29 is 23.6 Å². The molecule has 9 heteroatoms. The molecule has 32 heavy (non-hydrogen) atoms. The van der Waals surface area contributed by atoms with Gasteiger partial charge in [-0.1, -0.05) is 6.07 Å². The van der Waals surface area contributed by atoms with Gasteiger partial charge in [0, 0.05) is 36.2 Å². The van der Waals surface area contributed by atoms with E-state index in [1.807, 2.05) is 13.0 Å². The number of halogens is 2. The molecular weight excluding hydrogens is 481 g/mol. The number of nitrogens with one attached hydrogen (secondary N) is 1. The highest BCUT2D eigenvalue weighted by molar-refractivity contribution is 9.10. The lowest BCUT2D eigenvalue weighted by Crippen LogP contribution is -2.52. The zero-order chi connectivity index (χ0) is 22.7. The summed E-state index contributed by atoms with van der Waals surface area (Å²) in [6.45, 7) is 2.22. The highest BCUT2D eigenvalue weighted by Crippen LogP contribution is 2.38. The summed E-state index contributed by atoms with van der Waals surface area (Å²) in [7, 11) is 0. The van der Waals surface area contributed by atoms with Gasteiger partial charge in [-0.15, -0.1) is 0 Å². The minimum absolute atomic E-state index is 0.166. The van der Waals surface area contributed by atoms with Gasteiger partial charge in [-0.05, 0) is 64.7 Å². The van der Waals surface area contributed by atoms with Crippen LogP contribution >= 0.6 is 15.9 Å². The molecular formula is C23H19BrFN3O4. The number of piperidine rings is 1. The van der Waals surface area contributed by atoms with Crippen LogP contribution in [0.25, 0.3) is 0 Å². The quantitative estimate of drug-likeness (QED) is 0.643. The number of imide groups is 1. The molecule has 2 unspecified atom stereocenters. The number of hydrogen-bond acceptors (Lipinski definition) is 4. The molecule has 1 N–H and O–H groups in total. The average molecular weight is 500 g/mol. The van der Waals surface area contributed by atoms with Gasteiger partial charge in [-0.2, -0.15) is 0 Å². The molecule has 1 saturated heterocycles. The number of fused-ring (bicyclic) bond motifs is 2. The minimum Gasteiger partial charge on any atom is -0.327 e. The fourth-order valence-corrected chi connectivity index (χ4v) is 5.13. The number of benzene rings is 2. The summed E-state index contributed by atoms with van der Waals surface area (Å²) in [6, 6.07) is 7.33. The lowest BCUT2D eigenvalue weighted by atomic mass is 10.0. The van der Waals surface area contributed by atoms with Crippen molar-refractivity contribution in [3.8, 4) is 0 Å². The molecule has 0 aromatic heterocycles. The summed E-state index contributed by atoms with van der Waals surface area (Å²) in [6.07, 6.45) is 0.460. The monoisotopic (exact) mass is 499 g/mol. The first-order valence-electron chi connectivity index (χ1n) is 10.3. The van der Waals surface area contributed by atoms with Crippen molar-refractivity contribution in [3.63, 3.8) is 0 Å². The molecule has 0 bridgehead atoms. The number of nitrogens with zero attached hydrogens (tertiary/aromatic N) is 2. The Morgan fingerprint density at radius 1 is 1.16 bits per heavy atom. The summed E-state index contributed by atoms with van der Waals surface area (Å²) in [5.41, 5.74) is 2.78. The summed E-state index contributed by atoms with van der Waals surface area (Å²) in [5, 5.41) is 2.28. The maximum Gasteiger partial charge on any atom is 0.255 e. The molecule has 3 aliphatic rings. The van der Waals surface area contributed by atoms with Gasteiger partial charge >= 0.3 is 0 Å². The number of carbonyl (C=O) groups excluding carboxylic acids is 4. The molecule has 3 aliphatic heterocycles. The first kappa shape index (κ1) is 20.8. The van der Waals surface area contributed by atoms with E-state index in [1.165, 1.54) is 4.90 Å². The van der Waals surface area contributed by atoms with Crippen LogP contribution in [-0.2, 0) is 22.7 Å². The first-order valence-corrected chi connectivity index (χ1v) is 11.1. The molecule has 0 aliphatic carbocycles. The van der Waals surface area contributed by atoms with Gasteiger partial charge in [0.1, 0.15) is 11.9 Å². The second-order valence-corrected chi connectivity index (χ2v) is 9.16. The molecule has 1 fully saturated rings. The Balaban J connectivity index is 1.39. The molecule has 0 saturated carbocycles. The zero-order valence-corrected chi connectivity index (χ0v) is 18.7. The number of amides is 4. The summed E-state index contributed by atoms with van der Waals surface area (Å²) < 4.78 is 14.9. The van der Waals surface area contributed by atoms with Crippen LogP contribution in [0.2, 0.25) is 0 Å². The van der Waals surface area contributed by atoms with E-state index in [1.54, 1.807) is 29.2 Å². The summed E-state index contributed by atoms with van der Waals surface area (Å²) in [4.78, 5) is 52.8. The van der Waals surface area contributed by atoms with E-state index in [0.29, 0.717) is 26.7 Å². The van der Waals surface area contributed by atoms with Crippen molar-refractivity contribution >= 4 is 39.6 Å². The fourth-order valence-electron chi connectivity index (χ4n) is 4.76. The molecule has 5 rings (SSSR count). The lowest BCUT2D eigenvalue weighted by Gasteiger charge is -2.29. The van der Waals surface area contributed by atoms with E-state index >= 15 is 0 Å². The number of carbonyl (C=O) groups is 4. The fraction of sp³-hybridized carbons (Fsp3) is 0.304. The Morgan fingerprint density at radius 3 is 2.69 bits per heavy atom. The standard InChI is InChI=1S/C23H19BrFN3O4/c1-11-14-4-5-17(24)20(25)16(14)10-27(11)22(31)12-2-3-15-13(8-12)9-28(23(15)32)18-6-7-19(29)26-21(18)30/h2-5,8,11,18H,6-7,9-10H2,1H3,(H,26,29,30). The molecule has 2 aromatic carbocycles. The molecule has 3 heterocycles. The van der Waals surface area contributed by atoms with Gasteiger partial charge in [0.25, 0.3) is 11.8 Å². The molecule has 0 radical (unpaired) electrons. The maximum absolute atomic E-state index is 14.5. The first-order chi connectivity index (χ1) is 15.3. The number of rotatable bonds is 2. The topological polar surface area (TPSA) is 86.8 Å². The maximum atomic E-state index is 14.5. The van der Waals surface area contributed by atoms with Crippen LogP contribution in [-0.4, -0.2) is 39.5 Å². The third-order valence-electron chi connectivity index (χ3n) is 6.51. The molecule has 0 spiro atoms. The molecule has 4 amide bonds. The van der Waals surface area contributed by atoms with Crippen LogP contribution in [0.3, 0.4) is 0 Å².